The number of carbonyl (C=O) groups is 2. The fourth-order valence-corrected chi connectivity index (χ4v) is 2.11. The van der Waals surface area contributed by atoms with Crippen molar-refractivity contribution in [3.8, 4) is 0 Å². The molecule has 0 saturated heterocycles. The van der Waals surface area contributed by atoms with Crippen LogP contribution >= 0.6 is 0 Å². The summed E-state index contributed by atoms with van der Waals surface area (Å²) in [5.74, 6) is -1.11. The van der Waals surface area contributed by atoms with Gasteiger partial charge in [-0.1, -0.05) is 36.4 Å². The number of benzene rings is 2. The molecular formula is C17H15F3N2O2. The summed E-state index contributed by atoms with van der Waals surface area (Å²) in [7, 11) is 0. The molecule has 0 atom stereocenters. The van der Waals surface area contributed by atoms with Crippen LogP contribution in [0.15, 0.2) is 48.5 Å². The first-order valence-electron chi connectivity index (χ1n) is 7.08. The molecule has 2 aromatic rings. The van der Waals surface area contributed by atoms with E-state index in [0.717, 1.165) is 17.7 Å². The summed E-state index contributed by atoms with van der Waals surface area (Å²) in [5, 5.41) is 0. The Balaban J connectivity index is 1.95. The van der Waals surface area contributed by atoms with Gasteiger partial charge in [0.05, 0.1) is 12.0 Å². The molecule has 0 saturated carbocycles. The monoisotopic (exact) mass is 336 g/mol. The number of hydrogen-bond acceptors (Lipinski definition) is 2. The fraction of sp³-hybridized carbons (Fsp3) is 0.176. The van der Waals surface area contributed by atoms with Crippen LogP contribution in [0.3, 0.4) is 0 Å². The minimum atomic E-state index is -4.47. The van der Waals surface area contributed by atoms with Crippen LogP contribution in [0.25, 0.3) is 0 Å². The highest BCUT2D eigenvalue weighted by Crippen LogP contribution is 2.29. The van der Waals surface area contributed by atoms with Crippen LogP contribution in [0, 0.1) is 6.92 Å². The van der Waals surface area contributed by atoms with Gasteiger partial charge in [-0.25, -0.2) is 0 Å². The quantitative estimate of drug-likeness (QED) is 0.847. The lowest BCUT2D eigenvalue weighted by Gasteiger charge is -2.10. The van der Waals surface area contributed by atoms with Crippen LogP contribution in [0.2, 0.25) is 0 Å². The molecule has 24 heavy (non-hydrogen) atoms. The number of halogens is 3. The highest BCUT2D eigenvalue weighted by atomic mass is 19.4. The maximum Gasteiger partial charge on any atom is 0.416 e. The number of hydrogen-bond donors (Lipinski definition) is 2. The Labute approximate surface area is 136 Å². The van der Waals surface area contributed by atoms with Gasteiger partial charge in [0, 0.05) is 5.56 Å². The van der Waals surface area contributed by atoms with Crippen LogP contribution in [0.4, 0.5) is 13.2 Å². The van der Waals surface area contributed by atoms with E-state index in [1.165, 1.54) is 12.1 Å². The second-order valence-electron chi connectivity index (χ2n) is 5.19. The van der Waals surface area contributed by atoms with E-state index in [0.29, 0.717) is 5.56 Å². The SMILES string of the molecule is Cc1ccccc1C(=O)NNC(=O)Cc1cccc(C(F)(F)F)c1. The lowest BCUT2D eigenvalue weighted by molar-refractivity contribution is -0.137. The molecule has 0 spiro atoms. The molecule has 0 aliphatic rings. The molecule has 0 aliphatic carbocycles. The number of carbonyl (C=O) groups excluding carboxylic acids is 2. The van der Waals surface area contributed by atoms with Crippen LogP contribution in [0.1, 0.15) is 27.0 Å². The van der Waals surface area contributed by atoms with Gasteiger partial charge in [-0.05, 0) is 30.2 Å². The molecule has 2 rings (SSSR count). The molecule has 2 aromatic carbocycles. The van der Waals surface area contributed by atoms with Gasteiger partial charge in [0.2, 0.25) is 5.91 Å². The topological polar surface area (TPSA) is 58.2 Å². The maximum absolute atomic E-state index is 12.6. The third-order valence-corrected chi connectivity index (χ3v) is 3.32. The second kappa shape index (κ2) is 7.16. The third kappa shape index (κ3) is 4.58. The number of alkyl halides is 3. The molecule has 2 N–H and O–H groups in total. The lowest BCUT2D eigenvalue weighted by atomic mass is 10.1. The van der Waals surface area contributed by atoms with E-state index in [9.17, 15) is 22.8 Å². The molecule has 0 aromatic heterocycles. The van der Waals surface area contributed by atoms with Gasteiger partial charge < -0.3 is 0 Å². The average molecular weight is 336 g/mol. The van der Waals surface area contributed by atoms with Crippen molar-refractivity contribution in [2.75, 3.05) is 0 Å². The summed E-state index contributed by atoms with van der Waals surface area (Å²) in [6.07, 6.45) is -4.75. The van der Waals surface area contributed by atoms with Crippen molar-refractivity contribution in [3.63, 3.8) is 0 Å². The molecule has 7 heteroatoms. The Bertz CT molecular complexity index is 757. The van der Waals surface area contributed by atoms with Crippen LogP contribution in [-0.4, -0.2) is 11.8 Å². The van der Waals surface area contributed by atoms with E-state index in [1.807, 2.05) is 0 Å². The molecule has 0 fully saturated rings. The molecule has 126 valence electrons. The molecule has 0 aliphatic heterocycles. The van der Waals surface area contributed by atoms with E-state index in [1.54, 1.807) is 31.2 Å². The average Bonchev–Trinajstić information content (AvgIpc) is 2.52. The number of rotatable bonds is 3. The minimum absolute atomic E-state index is 0.201. The first-order chi connectivity index (χ1) is 11.3. The normalized spacial score (nSPS) is 11.0. The minimum Gasteiger partial charge on any atom is -0.273 e. The molecular weight excluding hydrogens is 321 g/mol. The molecule has 0 heterocycles. The molecule has 0 radical (unpaired) electrons. The first kappa shape index (κ1) is 17.5. The van der Waals surface area contributed by atoms with Crippen molar-refractivity contribution in [2.45, 2.75) is 19.5 Å². The highest BCUT2D eigenvalue weighted by Gasteiger charge is 2.30. The summed E-state index contributed by atoms with van der Waals surface area (Å²) in [6, 6.07) is 11.3. The Hall–Kier alpha value is -2.83. The zero-order valence-electron chi connectivity index (χ0n) is 12.8. The van der Waals surface area contributed by atoms with Gasteiger partial charge in [0.15, 0.2) is 0 Å². The van der Waals surface area contributed by atoms with Gasteiger partial charge in [0.1, 0.15) is 0 Å². The number of nitrogens with one attached hydrogen (secondary N) is 2. The smallest absolute Gasteiger partial charge is 0.273 e. The number of amides is 2. The van der Waals surface area contributed by atoms with E-state index in [2.05, 4.69) is 10.9 Å². The summed E-state index contributed by atoms with van der Waals surface area (Å²) in [5.41, 5.74) is 4.96. The standard InChI is InChI=1S/C17H15F3N2O2/c1-11-5-2-3-8-14(11)16(24)22-21-15(23)10-12-6-4-7-13(9-12)17(18,19)20/h2-9H,10H2,1H3,(H,21,23)(H,22,24). The zero-order chi connectivity index (χ0) is 17.7. The van der Waals surface area contributed by atoms with E-state index >= 15 is 0 Å². The van der Waals surface area contributed by atoms with Crippen molar-refractivity contribution in [2.24, 2.45) is 0 Å². The highest BCUT2D eigenvalue weighted by molar-refractivity contribution is 5.96. The van der Waals surface area contributed by atoms with Crippen molar-refractivity contribution >= 4 is 11.8 Å². The third-order valence-electron chi connectivity index (χ3n) is 3.32. The Morgan fingerprint density at radius 2 is 1.71 bits per heavy atom. The summed E-state index contributed by atoms with van der Waals surface area (Å²) in [6.45, 7) is 1.75. The molecule has 0 bridgehead atoms. The van der Waals surface area contributed by atoms with Gasteiger partial charge in [-0.15, -0.1) is 0 Å². The van der Waals surface area contributed by atoms with E-state index in [-0.39, 0.29) is 12.0 Å². The van der Waals surface area contributed by atoms with Crippen molar-refractivity contribution in [3.05, 3.63) is 70.8 Å². The van der Waals surface area contributed by atoms with Gasteiger partial charge in [0.25, 0.3) is 5.91 Å². The fourth-order valence-electron chi connectivity index (χ4n) is 2.11. The van der Waals surface area contributed by atoms with Gasteiger partial charge >= 0.3 is 6.18 Å². The Morgan fingerprint density at radius 3 is 2.38 bits per heavy atom. The van der Waals surface area contributed by atoms with E-state index < -0.39 is 23.6 Å². The Kier molecular flexibility index (Phi) is 5.23. The lowest BCUT2D eigenvalue weighted by Crippen LogP contribution is -2.42. The second-order valence-corrected chi connectivity index (χ2v) is 5.19. The maximum atomic E-state index is 12.6. The van der Waals surface area contributed by atoms with Crippen LogP contribution in [0.5, 0.6) is 0 Å². The van der Waals surface area contributed by atoms with Crippen LogP contribution < -0.4 is 10.9 Å². The number of aryl methyl sites for hydroxylation is 1. The molecule has 2 amide bonds. The first-order valence-corrected chi connectivity index (χ1v) is 7.08. The summed E-state index contributed by atoms with van der Waals surface area (Å²) in [4.78, 5) is 23.7. The molecule has 4 nitrogen and oxygen atoms in total. The summed E-state index contributed by atoms with van der Waals surface area (Å²) < 4.78 is 37.9. The van der Waals surface area contributed by atoms with Gasteiger partial charge in [-0.3, -0.25) is 20.4 Å². The van der Waals surface area contributed by atoms with E-state index in [4.69, 9.17) is 0 Å². The van der Waals surface area contributed by atoms with Crippen molar-refractivity contribution in [1.82, 2.24) is 10.9 Å². The predicted octanol–water partition coefficient (Wildman–Crippen LogP) is 3.02. The summed E-state index contributed by atoms with van der Waals surface area (Å²) >= 11 is 0. The largest absolute Gasteiger partial charge is 0.416 e. The molecule has 0 unspecified atom stereocenters. The predicted molar refractivity (Wildman–Crippen MR) is 81.9 cm³/mol. The zero-order valence-corrected chi connectivity index (χ0v) is 12.8. The van der Waals surface area contributed by atoms with Gasteiger partial charge in [-0.2, -0.15) is 13.2 Å². The number of hydrazine groups is 1. The van der Waals surface area contributed by atoms with Crippen molar-refractivity contribution in [1.29, 1.82) is 0 Å². The Morgan fingerprint density at radius 1 is 1.00 bits per heavy atom. The van der Waals surface area contributed by atoms with Crippen LogP contribution in [-0.2, 0) is 17.4 Å². The van der Waals surface area contributed by atoms with Crippen molar-refractivity contribution < 1.29 is 22.8 Å².